The maximum Gasteiger partial charge on any atom is 0.225 e. The van der Waals surface area contributed by atoms with Crippen LogP contribution in [-0.4, -0.2) is 56.3 Å². The number of methoxy groups -OCH3 is 1. The van der Waals surface area contributed by atoms with E-state index in [1.54, 1.807) is 7.11 Å². The van der Waals surface area contributed by atoms with Crippen molar-refractivity contribution in [3.05, 3.63) is 58.6 Å². The Bertz CT molecular complexity index is 1100. The molecule has 2 fully saturated rings. The number of amides is 1. The van der Waals surface area contributed by atoms with Crippen molar-refractivity contribution in [1.29, 1.82) is 0 Å². The Morgan fingerprint density at radius 3 is 2.62 bits per heavy atom. The topological polar surface area (TPSA) is 61.8 Å². The van der Waals surface area contributed by atoms with Crippen molar-refractivity contribution in [2.24, 2.45) is 17.8 Å². The number of nitrogens with zero attached hydrogens (tertiary/aromatic N) is 1. The number of unbranched alkanes of at least 4 members (excludes halogenated alkanes) is 1. The summed E-state index contributed by atoms with van der Waals surface area (Å²) < 4.78 is 5.32. The summed E-state index contributed by atoms with van der Waals surface area (Å²) in [6.07, 6.45) is 9.23. The molecule has 0 bridgehead atoms. The second-order valence-corrected chi connectivity index (χ2v) is 12.4. The Labute approximate surface area is 246 Å². The Morgan fingerprint density at radius 1 is 1.12 bits per heavy atom. The number of hydrogen-bond acceptors (Lipinski definition) is 4. The molecule has 2 aliphatic rings. The van der Waals surface area contributed by atoms with Gasteiger partial charge in [0, 0.05) is 49.2 Å². The van der Waals surface area contributed by atoms with Crippen LogP contribution >= 0.6 is 11.6 Å². The molecule has 1 amide bonds. The smallest absolute Gasteiger partial charge is 0.225 e. The first-order chi connectivity index (χ1) is 19.4. The van der Waals surface area contributed by atoms with Crippen LogP contribution in [0.3, 0.4) is 0 Å². The van der Waals surface area contributed by atoms with E-state index in [-0.39, 0.29) is 17.7 Å². The minimum absolute atomic E-state index is 0.0556. The van der Waals surface area contributed by atoms with Crippen LogP contribution in [-0.2, 0) is 21.6 Å². The lowest BCUT2D eigenvalue weighted by Gasteiger charge is -2.45. The zero-order valence-electron chi connectivity index (χ0n) is 24.8. The highest BCUT2D eigenvalue weighted by atomic mass is 35.5. The number of ether oxygens (including phenoxy) is 1. The van der Waals surface area contributed by atoms with Crippen LogP contribution in [0.15, 0.2) is 42.5 Å². The van der Waals surface area contributed by atoms with E-state index in [4.69, 9.17) is 16.3 Å². The molecule has 2 aromatic rings. The monoisotopic (exact) mass is 568 g/mol. The lowest BCUT2D eigenvalue weighted by molar-refractivity contribution is -0.142. The first kappa shape index (κ1) is 31.0. The highest BCUT2D eigenvalue weighted by molar-refractivity contribution is 6.33. The largest absolute Gasteiger partial charge is 0.385 e. The van der Waals surface area contributed by atoms with Gasteiger partial charge in [-0.25, -0.2) is 0 Å². The van der Waals surface area contributed by atoms with Gasteiger partial charge in [-0.2, -0.15) is 0 Å². The van der Waals surface area contributed by atoms with Gasteiger partial charge in [0.2, 0.25) is 5.91 Å². The first-order valence-corrected chi connectivity index (χ1v) is 15.8. The van der Waals surface area contributed by atoms with Crippen LogP contribution in [0.25, 0.3) is 11.1 Å². The lowest BCUT2D eigenvalue weighted by Crippen LogP contribution is -2.50. The van der Waals surface area contributed by atoms with Crippen molar-refractivity contribution in [3.8, 4) is 11.1 Å². The Morgan fingerprint density at radius 2 is 1.90 bits per heavy atom. The molecule has 2 aromatic carbocycles. The van der Waals surface area contributed by atoms with E-state index in [0.717, 1.165) is 87.6 Å². The van der Waals surface area contributed by atoms with Crippen LogP contribution in [0.2, 0.25) is 5.02 Å². The molecule has 6 heteroatoms. The van der Waals surface area contributed by atoms with Gasteiger partial charge in [0.1, 0.15) is 0 Å². The zero-order valence-corrected chi connectivity index (χ0v) is 25.5. The Balaban J connectivity index is 1.63. The second kappa shape index (κ2) is 14.8. The van der Waals surface area contributed by atoms with Gasteiger partial charge in [0.15, 0.2) is 0 Å². The molecular weight excluding hydrogens is 520 g/mol. The van der Waals surface area contributed by atoms with Gasteiger partial charge in [-0.05, 0) is 106 Å². The summed E-state index contributed by atoms with van der Waals surface area (Å²) in [5, 5.41) is 16.7. The van der Waals surface area contributed by atoms with Crippen LogP contribution < -0.4 is 5.32 Å². The number of halogens is 1. The molecule has 1 aliphatic heterocycles. The van der Waals surface area contributed by atoms with E-state index >= 15 is 0 Å². The minimum Gasteiger partial charge on any atom is -0.385 e. The third-order valence-corrected chi connectivity index (χ3v) is 9.67. The van der Waals surface area contributed by atoms with E-state index < -0.39 is 5.60 Å². The fourth-order valence-corrected chi connectivity index (χ4v) is 7.34. The van der Waals surface area contributed by atoms with Crippen molar-refractivity contribution >= 4 is 17.5 Å². The maximum atomic E-state index is 13.7. The molecule has 0 spiro atoms. The summed E-state index contributed by atoms with van der Waals surface area (Å²) in [7, 11) is 3.73. The van der Waals surface area contributed by atoms with E-state index in [1.807, 2.05) is 19.2 Å². The van der Waals surface area contributed by atoms with E-state index in [2.05, 4.69) is 47.5 Å². The number of piperidine rings is 1. The van der Waals surface area contributed by atoms with Gasteiger partial charge >= 0.3 is 0 Å². The zero-order chi connectivity index (χ0) is 28.5. The molecule has 5 nitrogen and oxygen atoms in total. The number of carbonyl (C=O) groups excluding carboxylic acids is 1. The normalized spacial score (nSPS) is 23.1. The molecule has 0 radical (unpaired) electrons. The summed E-state index contributed by atoms with van der Waals surface area (Å²) in [5.41, 5.74) is 2.99. The van der Waals surface area contributed by atoms with Crippen molar-refractivity contribution in [3.63, 3.8) is 0 Å². The standard InChI is InChI=1S/C34H49ClN2O3/c1-4-25-10-7-11-28(22-25)32-30(13-8-14-31(32)35)34(39,19-5-6-21-40-3)29-12-9-20-37(24-29)33(38)27-17-15-26(16-18-27)23-36-2/h7-8,10-11,13-14,22,26-27,29,36,39H,4-6,9,12,15-21,23-24H2,1-3H3/t26?,27?,29-,34?/m1/s1. The Hall–Kier alpha value is -1.92. The number of benzene rings is 2. The highest BCUT2D eigenvalue weighted by Crippen LogP contribution is 2.46. The van der Waals surface area contributed by atoms with Crippen molar-refractivity contribution in [2.45, 2.75) is 76.7 Å². The molecular formula is C34H49ClN2O3. The third-order valence-electron chi connectivity index (χ3n) is 9.36. The maximum absolute atomic E-state index is 13.7. The second-order valence-electron chi connectivity index (χ2n) is 12.0. The predicted molar refractivity (Wildman–Crippen MR) is 165 cm³/mol. The van der Waals surface area contributed by atoms with Crippen molar-refractivity contribution in [2.75, 3.05) is 40.4 Å². The summed E-state index contributed by atoms with van der Waals surface area (Å²) in [4.78, 5) is 15.8. The first-order valence-electron chi connectivity index (χ1n) is 15.4. The molecule has 4 rings (SSSR count). The van der Waals surface area contributed by atoms with Gasteiger partial charge in [-0.3, -0.25) is 4.79 Å². The molecule has 2 N–H and O–H groups in total. The lowest BCUT2D eigenvalue weighted by atomic mass is 9.71. The van der Waals surface area contributed by atoms with Gasteiger partial charge in [0.25, 0.3) is 0 Å². The number of aryl methyl sites for hydroxylation is 1. The Kier molecular flexibility index (Phi) is 11.5. The summed E-state index contributed by atoms with van der Waals surface area (Å²) in [6, 6.07) is 14.4. The average molecular weight is 569 g/mol. The SMILES string of the molecule is CCc1cccc(-c2c(Cl)cccc2C(O)(CCCCOC)[C@@H]2CCCN(C(=O)C3CCC(CNC)CC3)C2)c1. The molecule has 40 heavy (non-hydrogen) atoms. The van der Waals surface area contributed by atoms with Crippen LogP contribution in [0.5, 0.6) is 0 Å². The van der Waals surface area contributed by atoms with Crippen molar-refractivity contribution < 1.29 is 14.6 Å². The highest BCUT2D eigenvalue weighted by Gasteiger charge is 2.43. The molecule has 1 heterocycles. The van der Waals surface area contributed by atoms with E-state index in [1.165, 1.54) is 5.56 Å². The molecule has 1 saturated carbocycles. The molecule has 220 valence electrons. The molecule has 2 atom stereocenters. The summed E-state index contributed by atoms with van der Waals surface area (Å²) in [5.74, 6) is 1.02. The number of hydrogen-bond donors (Lipinski definition) is 2. The van der Waals surface area contributed by atoms with Gasteiger partial charge in [-0.1, -0.05) is 54.9 Å². The van der Waals surface area contributed by atoms with Gasteiger partial charge in [0.05, 0.1) is 5.60 Å². The van der Waals surface area contributed by atoms with Crippen LogP contribution in [0, 0.1) is 17.8 Å². The quantitative estimate of drug-likeness (QED) is 0.275. The average Bonchev–Trinajstić information content (AvgIpc) is 2.99. The number of rotatable bonds is 12. The third kappa shape index (κ3) is 7.28. The number of aliphatic hydroxyl groups is 1. The molecule has 1 aliphatic carbocycles. The van der Waals surface area contributed by atoms with E-state index in [9.17, 15) is 9.90 Å². The van der Waals surface area contributed by atoms with Gasteiger partial charge in [-0.15, -0.1) is 0 Å². The molecule has 1 saturated heterocycles. The summed E-state index contributed by atoms with van der Waals surface area (Å²) in [6.45, 7) is 5.23. The predicted octanol–water partition coefficient (Wildman–Crippen LogP) is 6.84. The van der Waals surface area contributed by atoms with Crippen LogP contribution in [0.1, 0.15) is 75.8 Å². The fourth-order valence-electron chi connectivity index (χ4n) is 7.05. The van der Waals surface area contributed by atoms with E-state index in [0.29, 0.717) is 30.5 Å². The van der Waals surface area contributed by atoms with Crippen molar-refractivity contribution in [1.82, 2.24) is 10.2 Å². The molecule has 0 aromatic heterocycles. The molecule has 1 unspecified atom stereocenters. The number of nitrogens with one attached hydrogen (secondary N) is 1. The van der Waals surface area contributed by atoms with Gasteiger partial charge < -0.3 is 20.1 Å². The summed E-state index contributed by atoms with van der Waals surface area (Å²) >= 11 is 6.90. The number of likely N-dealkylation sites (tertiary alicyclic amines) is 1. The number of carbonyl (C=O) groups is 1. The fraction of sp³-hybridized carbons (Fsp3) is 0.618. The van der Waals surface area contributed by atoms with Crippen LogP contribution in [0.4, 0.5) is 0 Å². The minimum atomic E-state index is -1.10.